The van der Waals surface area contributed by atoms with Crippen LogP contribution in [0.1, 0.15) is 25.0 Å². The Morgan fingerprint density at radius 1 is 1.44 bits per heavy atom. The SMILES string of the molecule is COC(=O)CNC(C)(C)c1cccc(C)c1. The molecule has 0 fully saturated rings. The van der Waals surface area contributed by atoms with Crippen molar-refractivity contribution in [1.82, 2.24) is 5.32 Å². The molecule has 0 amide bonds. The van der Waals surface area contributed by atoms with Gasteiger partial charge in [-0.1, -0.05) is 29.8 Å². The fourth-order valence-electron chi connectivity index (χ4n) is 1.50. The standard InChI is InChI=1S/C13H19NO2/c1-10-6-5-7-11(8-10)13(2,3)14-9-12(15)16-4/h5-8,14H,9H2,1-4H3. The van der Waals surface area contributed by atoms with Crippen molar-refractivity contribution in [3.05, 3.63) is 35.4 Å². The Hall–Kier alpha value is -1.35. The van der Waals surface area contributed by atoms with Gasteiger partial charge in [0, 0.05) is 5.54 Å². The second-order valence-electron chi connectivity index (χ2n) is 4.42. The Labute approximate surface area is 96.8 Å². The Morgan fingerprint density at radius 3 is 2.69 bits per heavy atom. The summed E-state index contributed by atoms with van der Waals surface area (Å²) in [6, 6.07) is 8.24. The van der Waals surface area contributed by atoms with E-state index in [9.17, 15) is 4.79 Å². The van der Waals surface area contributed by atoms with Gasteiger partial charge in [0.15, 0.2) is 0 Å². The number of ether oxygens (including phenoxy) is 1. The van der Waals surface area contributed by atoms with Gasteiger partial charge in [-0.15, -0.1) is 0 Å². The van der Waals surface area contributed by atoms with Gasteiger partial charge in [0.1, 0.15) is 0 Å². The minimum absolute atomic E-state index is 0.220. The highest BCUT2D eigenvalue weighted by molar-refractivity contribution is 5.71. The van der Waals surface area contributed by atoms with Gasteiger partial charge in [-0.2, -0.15) is 0 Å². The van der Waals surface area contributed by atoms with Gasteiger partial charge in [0.2, 0.25) is 0 Å². The number of nitrogens with one attached hydrogen (secondary N) is 1. The number of hydrogen-bond acceptors (Lipinski definition) is 3. The molecule has 3 nitrogen and oxygen atoms in total. The Balaban J connectivity index is 2.73. The highest BCUT2D eigenvalue weighted by Crippen LogP contribution is 2.20. The van der Waals surface area contributed by atoms with E-state index < -0.39 is 0 Å². The van der Waals surface area contributed by atoms with Crippen LogP contribution in [0.15, 0.2) is 24.3 Å². The molecule has 0 saturated carbocycles. The Morgan fingerprint density at radius 2 is 2.12 bits per heavy atom. The summed E-state index contributed by atoms with van der Waals surface area (Å²) in [6.45, 7) is 6.37. The molecule has 0 saturated heterocycles. The predicted molar refractivity (Wildman–Crippen MR) is 64.2 cm³/mol. The summed E-state index contributed by atoms with van der Waals surface area (Å²) >= 11 is 0. The van der Waals surface area contributed by atoms with E-state index in [-0.39, 0.29) is 18.1 Å². The average Bonchev–Trinajstić information content (AvgIpc) is 2.26. The molecule has 88 valence electrons. The topological polar surface area (TPSA) is 38.3 Å². The van der Waals surface area contributed by atoms with Crippen LogP contribution in [-0.4, -0.2) is 19.6 Å². The largest absolute Gasteiger partial charge is 0.468 e. The number of methoxy groups -OCH3 is 1. The van der Waals surface area contributed by atoms with E-state index in [0.717, 1.165) is 5.56 Å². The summed E-state index contributed by atoms with van der Waals surface area (Å²) < 4.78 is 4.60. The summed E-state index contributed by atoms with van der Waals surface area (Å²) in [4.78, 5) is 11.1. The second-order valence-corrected chi connectivity index (χ2v) is 4.42. The van der Waals surface area contributed by atoms with Crippen molar-refractivity contribution in [2.45, 2.75) is 26.3 Å². The minimum atomic E-state index is -0.249. The van der Waals surface area contributed by atoms with Gasteiger partial charge in [-0.3, -0.25) is 10.1 Å². The first-order valence-electron chi connectivity index (χ1n) is 5.34. The number of benzene rings is 1. The molecular weight excluding hydrogens is 202 g/mol. The highest BCUT2D eigenvalue weighted by Gasteiger charge is 2.20. The molecule has 1 aromatic carbocycles. The lowest BCUT2D eigenvalue weighted by Crippen LogP contribution is -2.40. The van der Waals surface area contributed by atoms with Gasteiger partial charge in [0.05, 0.1) is 13.7 Å². The Kier molecular flexibility index (Phi) is 4.07. The second kappa shape index (κ2) is 5.12. The highest BCUT2D eigenvalue weighted by atomic mass is 16.5. The molecule has 0 spiro atoms. The molecule has 0 unspecified atom stereocenters. The van der Waals surface area contributed by atoms with Gasteiger partial charge in [-0.25, -0.2) is 0 Å². The minimum Gasteiger partial charge on any atom is -0.468 e. The van der Waals surface area contributed by atoms with Crippen LogP contribution in [0.3, 0.4) is 0 Å². The molecule has 0 aliphatic rings. The zero-order valence-electron chi connectivity index (χ0n) is 10.3. The lowest BCUT2D eigenvalue weighted by atomic mass is 9.93. The van der Waals surface area contributed by atoms with Crippen LogP contribution in [-0.2, 0) is 15.1 Å². The zero-order chi connectivity index (χ0) is 12.2. The summed E-state index contributed by atoms with van der Waals surface area (Å²) in [5, 5.41) is 3.18. The van der Waals surface area contributed by atoms with Crippen LogP contribution >= 0.6 is 0 Å². The number of carbonyl (C=O) groups excluding carboxylic acids is 1. The van der Waals surface area contributed by atoms with Gasteiger partial charge < -0.3 is 4.74 Å². The Bertz CT molecular complexity index is 372. The third-order valence-electron chi connectivity index (χ3n) is 2.64. The molecule has 0 aliphatic carbocycles. The van der Waals surface area contributed by atoms with E-state index in [2.05, 4.69) is 35.2 Å². The number of rotatable bonds is 4. The van der Waals surface area contributed by atoms with Crippen molar-refractivity contribution in [1.29, 1.82) is 0 Å². The number of hydrogen-bond donors (Lipinski definition) is 1. The first-order chi connectivity index (χ1) is 7.45. The molecular formula is C13H19NO2. The van der Waals surface area contributed by atoms with Crippen molar-refractivity contribution in [2.75, 3.05) is 13.7 Å². The summed E-state index contributed by atoms with van der Waals surface area (Å²) in [6.07, 6.45) is 0. The monoisotopic (exact) mass is 221 g/mol. The van der Waals surface area contributed by atoms with Gasteiger partial charge in [0.25, 0.3) is 0 Å². The lowest BCUT2D eigenvalue weighted by molar-refractivity contribution is -0.139. The van der Waals surface area contributed by atoms with Gasteiger partial charge >= 0.3 is 5.97 Å². The van der Waals surface area contributed by atoms with E-state index in [1.165, 1.54) is 12.7 Å². The number of esters is 1. The van der Waals surface area contributed by atoms with Crippen LogP contribution in [0, 0.1) is 6.92 Å². The van der Waals surface area contributed by atoms with E-state index in [0.29, 0.717) is 0 Å². The van der Waals surface area contributed by atoms with E-state index >= 15 is 0 Å². The van der Waals surface area contributed by atoms with Crippen LogP contribution in [0.4, 0.5) is 0 Å². The number of aryl methyl sites for hydroxylation is 1. The van der Waals surface area contributed by atoms with E-state index in [1.54, 1.807) is 0 Å². The summed E-state index contributed by atoms with van der Waals surface area (Å²) in [5.41, 5.74) is 2.14. The molecule has 0 heterocycles. The van der Waals surface area contributed by atoms with Crippen molar-refractivity contribution in [2.24, 2.45) is 0 Å². The van der Waals surface area contributed by atoms with Gasteiger partial charge in [-0.05, 0) is 26.3 Å². The quantitative estimate of drug-likeness (QED) is 0.790. The normalized spacial score (nSPS) is 11.2. The van der Waals surface area contributed by atoms with Crippen LogP contribution in [0.25, 0.3) is 0 Å². The maximum absolute atomic E-state index is 11.1. The lowest BCUT2D eigenvalue weighted by Gasteiger charge is -2.26. The van der Waals surface area contributed by atoms with Crippen molar-refractivity contribution in [3.8, 4) is 0 Å². The maximum Gasteiger partial charge on any atom is 0.319 e. The maximum atomic E-state index is 11.1. The number of carbonyl (C=O) groups is 1. The van der Waals surface area contributed by atoms with Crippen molar-refractivity contribution < 1.29 is 9.53 Å². The molecule has 1 rings (SSSR count). The van der Waals surface area contributed by atoms with E-state index in [1.807, 2.05) is 19.9 Å². The molecule has 0 bridgehead atoms. The third kappa shape index (κ3) is 3.35. The smallest absolute Gasteiger partial charge is 0.319 e. The summed E-state index contributed by atoms with van der Waals surface area (Å²) in [5.74, 6) is -0.249. The van der Waals surface area contributed by atoms with Crippen molar-refractivity contribution in [3.63, 3.8) is 0 Å². The molecule has 3 heteroatoms. The van der Waals surface area contributed by atoms with Crippen LogP contribution in [0.5, 0.6) is 0 Å². The first-order valence-corrected chi connectivity index (χ1v) is 5.34. The molecule has 0 atom stereocenters. The fourth-order valence-corrected chi connectivity index (χ4v) is 1.50. The molecule has 16 heavy (non-hydrogen) atoms. The fraction of sp³-hybridized carbons (Fsp3) is 0.462. The molecule has 0 aromatic heterocycles. The molecule has 0 aliphatic heterocycles. The molecule has 1 aromatic rings. The first kappa shape index (κ1) is 12.7. The predicted octanol–water partition coefficient (Wildman–Crippen LogP) is 1.99. The molecule has 0 radical (unpaired) electrons. The summed E-state index contributed by atoms with van der Waals surface area (Å²) in [7, 11) is 1.39. The zero-order valence-corrected chi connectivity index (χ0v) is 10.3. The average molecular weight is 221 g/mol. The van der Waals surface area contributed by atoms with Crippen LogP contribution < -0.4 is 5.32 Å². The van der Waals surface area contributed by atoms with E-state index in [4.69, 9.17) is 0 Å². The van der Waals surface area contributed by atoms with Crippen LogP contribution in [0.2, 0.25) is 0 Å². The van der Waals surface area contributed by atoms with Crippen molar-refractivity contribution >= 4 is 5.97 Å². The molecule has 1 N–H and O–H groups in total. The third-order valence-corrected chi connectivity index (χ3v) is 2.64.